The number of nitrogens with zero attached hydrogens (tertiary/aromatic N) is 5. The van der Waals surface area contributed by atoms with Crippen LogP contribution in [0.15, 0.2) is 12.1 Å². The maximum Gasteiger partial charge on any atom is 0.274 e. The van der Waals surface area contributed by atoms with Crippen LogP contribution in [0.5, 0.6) is 0 Å². The molecule has 2 aromatic rings. The quantitative estimate of drug-likeness (QED) is 0.830. The van der Waals surface area contributed by atoms with Crippen molar-refractivity contribution in [3.8, 4) is 0 Å². The fourth-order valence-corrected chi connectivity index (χ4v) is 4.58. The van der Waals surface area contributed by atoms with Crippen molar-refractivity contribution < 1.29 is 9.59 Å². The Bertz CT molecular complexity index is 932. The number of amides is 2. The lowest BCUT2D eigenvalue weighted by Crippen LogP contribution is -2.48. The minimum atomic E-state index is -0.0875. The summed E-state index contributed by atoms with van der Waals surface area (Å²) in [5, 5.41) is 4.49. The summed E-state index contributed by atoms with van der Waals surface area (Å²) in [7, 11) is 0. The molecule has 2 amide bonds. The summed E-state index contributed by atoms with van der Waals surface area (Å²) in [4.78, 5) is 34.4. The van der Waals surface area contributed by atoms with E-state index in [1.54, 1.807) is 10.6 Å². The molecule has 27 heavy (non-hydrogen) atoms. The van der Waals surface area contributed by atoms with E-state index in [1.807, 2.05) is 24.8 Å². The number of rotatable bonds is 3. The van der Waals surface area contributed by atoms with Gasteiger partial charge in [-0.15, -0.1) is 0 Å². The fraction of sp³-hybridized carbons (Fsp3) is 0.600. The topological polar surface area (TPSA) is 70.8 Å². The van der Waals surface area contributed by atoms with Gasteiger partial charge in [-0.3, -0.25) is 9.59 Å². The van der Waals surface area contributed by atoms with Crippen molar-refractivity contribution in [1.29, 1.82) is 0 Å². The predicted octanol–water partition coefficient (Wildman–Crippen LogP) is 1.82. The molecule has 0 aromatic carbocycles. The van der Waals surface area contributed by atoms with E-state index in [2.05, 4.69) is 15.0 Å². The molecule has 7 nitrogen and oxygen atoms in total. The van der Waals surface area contributed by atoms with Crippen molar-refractivity contribution in [2.24, 2.45) is 11.8 Å². The molecule has 2 unspecified atom stereocenters. The summed E-state index contributed by atoms with van der Waals surface area (Å²) in [6, 6.07) is 3.87. The molecule has 0 spiro atoms. The van der Waals surface area contributed by atoms with Crippen LogP contribution in [0.3, 0.4) is 0 Å². The minimum absolute atomic E-state index is 0.0643. The lowest BCUT2D eigenvalue weighted by Gasteiger charge is -2.36. The van der Waals surface area contributed by atoms with Crippen molar-refractivity contribution in [2.75, 3.05) is 19.6 Å². The van der Waals surface area contributed by atoms with E-state index in [0.717, 1.165) is 30.8 Å². The van der Waals surface area contributed by atoms with Crippen LogP contribution in [0.2, 0.25) is 0 Å². The van der Waals surface area contributed by atoms with Crippen LogP contribution in [-0.2, 0) is 4.79 Å². The van der Waals surface area contributed by atoms with Gasteiger partial charge in [0.15, 0.2) is 11.3 Å². The average Bonchev–Trinajstić information content (AvgIpc) is 3.40. The molecule has 1 aliphatic carbocycles. The summed E-state index contributed by atoms with van der Waals surface area (Å²) in [6.07, 6.45) is 4.35. The van der Waals surface area contributed by atoms with Crippen molar-refractivity contribution >= 4 is 17.5 Å². The average molecular weight is 367 g/mol. The lowest BCUT2D eigenvalue weighted by atomic mass is 9.94. The molecule has 2 bridgehead atoms. The molecule has 1 saturated carbocycles. The first-order valence-corrected chi connectivity index (χ1v) is 9.93. The van der Waals surface area contributed by atoms with Crippen LogP contribution in [0.25, 0.3) is 5.65 Å². The van der Waals surface area contributed by atoms with E-state index in [-0.39, 0.29) is 23.8 Å². The Hall–Kier alpha value is -2.44. The van der Waals surface area contributed by atoms with Crippen LogP contribution in [0.4, 0.5) is 0 Å². The number of carbonyl (C=O) groups is 2. The van der Waals surface area contributed by atoms with Crippen LogP contribution < -0.4 is 0 Å². The van der Waals surface area contributed by atoms with Gasteiger partial charge in [0.05, 0.1) is 5.92 Å². The monoisotopic (exact) mass is 367 g/mol. The Balaban J connectivity index is 1.42. The van der Waals surface area contributed by atoms with Gasteiger partial charge in [-0.25, -0.2) is 9.50 Å². The molecule has 6 rings (SSSR count). The third kappa shape index (κ3) is 2.89. The summed E-state index contributed by atoms with van der Waals surface area (Å²) in [6.45, 7) is 5.90. The Labute approximate surface area is 158 Å². The second kappa shape index (κ2) is 6.04. The van der Waals surface area contributed by atoms with Gasteiger partial charge in [0.25, 0.3) is 5.91 Å². The molecule has 7 heteroatoms. The number of carbonyl (C=O) groups excluding carboxylic acids is 2. The summed E-state index contributed by atoms with van der Waals surface area (Å²) in [5.41, 5.74) is 2.98. The van der Waals surface area contributed by atoms with Gasteiger partial charge in [0, 0.05) is 43.1 Å². The van der Waals surface area contributed by atoms with Gasteiger partial charge in [0.2, 0.25) is 5.91 Å². The first-order valence-electron chi connectivity index (χ1n) is 9.93. The molecule has 4 aliphatic rings. The Morgan fingerprint density at radius 3 is 2.74 bits per heavy atom. The van der Waals surface area contributed by atoms with Crippen LogP contribution in [-0.4, -0.2) is 61.9 Å². The van der Waals surface area contributed by atoms with Crippen molar-refractivity contribution in [2.45, 2.75) is 45.6 Å². The number of aromatic nitrogens is 3. The number of aryl methyl sites for hydroxylation is 2. The highest BCUT2D eigenvalue weighted by Crippen LogP contribution is 2.35. The second-order valence-corrected chi connectivity index (χ2v) is 8.41. The first-order chi connectivity index (χ1) is 13.0. The molecule has 2 atom stereocenters. The molecule has 3 saturated heterocycles. The van der Waals surface area contributed by atoms with E-state index >= 15 is 0 Å². The molecule has 2 aromatic heterocycles. The smallest absolute Gasteiger partial charge is 0.274 e. The summed E-state index contributed by atoms with van der Waals surface area (Å²) >= 11 is 0. The zero-order valence-electron chi connectivity index (χ0n) is 15.9. The summed E-state index contributed by atoms with van der Waals surface area (Å²) < 4.78 is 1.72. The molecular weight excluding hydrogens is 342 g/mol. The van der Waals surface area contributed by atoms with Crippen molar-refractivity contribution in [3.05, 3.63) is 29.2 Å². The standard InChI is InChI=1S/C20H25N5O2/c1-12-7-13(2)25-18(21-12)8-17(22-25)20(27)23-10-15-5-6-16(11-23)24(19(15)26)9-14-3-4-14/h7-8,14-16H,3-6,9-11H2,1-2H3. The molecule has 3 aliphatic heterocycles. The molecular formula is C20H25N5O2. The van der Waals surface area contributed by atoms with E-state index < -0.39 is 0 Å². The molecule has 142 valence electrons. The molecule has 0 radical (unpaired) electrons. The van der Waals surface area contributed by atoms with Crippen molar-refractivity contribution in [3.63, 3.8) is 0 Å². The largest absolute Gasteiger partial charge is 0.337 e. The van der Waals surface area contributed by atoms with E-state index in [9.17, 15) is 9.59 Å². The van der Waals surface area contributed by atoms with Gasteiger partial charge in [-0.05, 0) is 51.5 Å². The van der Waals surface area contributed by atoms with E-state index in [4.69, 9.17) is 0 Å². The predicted molar refractivity (Wildman–Crippen MR) is 99.3 cm³/mol. The number of piperidine rings is 1. The zero-order chi connectivity index (χ0) is 18.7. The van der Waals surface area contributed by atoms with E-state index in [1.165, 1.54) is 12.8 Å². The first kappa shape index (κ1) is 16.7. The Kier molecular flexibility index (Phi) is 3.74. The zero-order valence-corrected chi connectivity index (χ0v) is 15.9. The number of fused-ring (bicyclic) bond motifs is 5. The number of hydrogen-bond donors (Lipinski definition) is 0. The summed E-state index contributed by atoms with van der Waals surface area (Å²) in [5.74, 6) is 0.769. The maximum absolute atomic E-state index is 13.2. The Morgan fingerprint density at radius 2 is 1.96 bits per heavy atom. The third-order valence-corrected chi connectivity index (χ3v) is 6.18. The van der Waals surface area contributed by atoms with Gasteiger partial charge in [-0.2, -0.15) is 5.10 Å². The second-order valence-electron chi connectivity index (χ2n) is 8.41. The van der Waals surface area contributed by atoms with Crippen LogP contribution in [0.1, 0.15) is 47.6 Å². The number of hydrogen-bond acceptors (Lipinski definition) is 4. The highest BCUT2D eigenvalue weighted by Gasteiger charge is 2.43. The maximum atomic E-state index is 13.2. The van der Waals surface area contributed by atoms with Gasteiger partial charge >= 0.3 is 0 Å². The normalized spacial score (nSPS) is 25.3. The lowest BCUT2D eigenvalue weighted by molar-refractivity contribution is -0.140. The molecule has 4 fully saturated rings. The molecule has 5 heterocycles. The minimum Gasteiger partial charge on any atom is -0.337 e. The molecule has 0 N–H and O–H groups in total. The fourth-order valence-electron chi connectivity index (χ4n) is 4.58. The van der Waals surface area contributed by atoms with Gasteiger partial charge < -0.3 is 9.80 Å². The van der Waals surface area contributed by atoms with Gasteiger partial charge in [-0.1, -0.05) is 0 Å². The highest BCUT2D eigenvalue weighted by atomic mass is 16.2. The third-order valence-electron chi connectivity index (χ3n) is 6.18. The SMILES string of the molecule is Cc1cc(C)n2nc(C(=O)N3CC4CCC(C3)N(CC3CC3)C4=O)cc2n1. The Morgan fingerprint density at radius 1 is 1.15 bits per heavy atom. The highest BCUT2D eigenvalue weighted by molar-refractivity contribution is 5.94. The van der Waals surface area contributed by atoms with Crippen molar-refractivity contribution in [1.82, 2.24) is 24.4 Å². The van der Waals surface area contributed by atoms with Crippen LogP contribution in [0, 0.1) is 25.7 Å². The van der Waals surface area contributed by atoms with Crippen LogP contribution >= 0.6 is 0 Å². The van der Waals surface area contributed by atoms with E-state index in [0.29, 0.717) is 30.3 Å². The van der Waals surface area contributed by atoms with Gasteiger partial charge in [0.1, 0.15) is 0 Å².